The Morgan fingerprint density at radius 1 is 1.29 bits per heavy atom. The molecule has 1 aromatic carbocycles. The Labute approximate surface area is 103 Å². The van der Waals surface area contributed by atoms with Crippen LogP contribution in [0.3, 0.4) is 0 Å². The lowest BCUT2D eigenvalue weighted by Crippen LogP contribution is -2.22. The lowest BCUT2D eigenvalue weighted by molar-refractivity contribution is 1.10. The van der Waals surface area contributed by atoms with Gasteiger partial charge < -0.3 is 4.90 Å². The molecule has 0 saturated carbocycles. The predicted molar refractivity (Wildman–Crippen MR) is 69.3 cm³/mol. The van der Waals surface area contributed by atoms with Crippen LogP contribution >= 0.6 is 40.3 Å². The Kier molecular flexibility index (Phi) is 4.29. The molecule has 76 valence electrons. The van der Waals surface area contributed by atoms with Crippen molar-refractivity contribution in [3.05, 3.63) is 29.3 Å². The molecule has 1 N–H and O–H groups in total. The van der Waals surface area contributed by atoms with E-state index in [1.807, 2.05) is 29.2 Å². The number of anilines is 1. The van der Waals surface area contributed by atoms with Crippen LogP contribution < -0.4 is 4.90 Å². The van der Waals surface area contributed by atoms with Crippen LogP contribution in [0.4, 0.5) is 5.69 Å². The van der Waals surface area contributed by atoms with E-state index in [0.29, 0.717) is 5.17 Å². The van der Waals surface area contributed by atoms with Crippen LogP contribution in [0.1, 0.15) is 0 Å². The van der Waals surface area contributed by atoms with E-state index in [1.165, 1.54) is 0 Å². The van der Waals surface area contributed by atoms with E-state index in [-0.39, 0.29) is 17.0 Å². The van der Waals surface area contributed by atoms with E-state index in [0.717, 1.165) is 23.0 Å². The summed E-state index contributed by atoms with van der Waals surface area (Å²) < 4.78 is 0. The molecule has 0 amide bonds. The molecule has 0 bridgehead atoms. The van der Waals surface area contributed by atoms with Crippen LogP contribution in [0.2, 0.25) is 5.02 Å². The van der Waals surface area contributed by atoms with E-state index in [1.54, 1.807) is 11.8 Å². The average Bonchev–Trinajstić information content (AvgIpc) is 2.53. The van der Waals surface area contributed by atoms with Crippen LogP contribution in [-0.4, -0.2) is 17.5 Å². The Morgan fingerprint density at radius 3 is 2.43 bits per heavy atom. The zero-order chi connectivity index (χ0) is 9.26. The minimum Gasteiger partial charge on any atom is -0.321 e. The first-order chi connectivity index (χ1) is 6.27. The van der Waals surface area contributed by atoms with Crippen molar-refractivity contribution in [3.63, 3.8) is 0 Å². The molecule has 1 aliphatic rings. The van der Waals surface area contributed by atoms with E-state index < -0.39 is 0 Å². The second-order valence-electron chi connectivity index (χ2n) is 2.78. The molecule has 1 fully saturated rings. The van der Waals surface area contributed by atoms with Gasteiger partial charge in [0.05, 0.1) is 0 Å². The standard InChI is InChI=1S/C9H9ClN2S.BrH/c10-7-1-3-8(4-2-7)12-5-6-13-9(12)11;/h1-4,11H,5-6H2;1H. The predicted octanol–water partition coefficient (Wildman–Crippen LogP) is 3.41. The molecule has 0 aliphatic carbocycles. The molecule has 1 aliphatic heterocycles. The summed E-state index contributed by atoms with van der Waals surface area (Å²) >= 11 is 7.36. The first kappa shape index (κ1) is 11.9. The van der Waals surface area contributed by atoms with Gasteiger partial charge in [-0.3, -0.25) is 5.41 Å². The van der Waals surface area contributed by atoms with Gasteiger partial charge in [0, 0.05) is 23.0 Å². The molecule has 1 heterocycles. The van der Waals surface area contributed by atoms with Crippen molar-refractivity contribution >= 4 is 51.2 Å². The van der Waals surface area contributed by atoms with Gasteiger partial charge in [0.2, 0.25) is 0 Å². The minimum absolute atomic E-state index is 0. The molecular weight excluding hydrogens is 284 g/mol. The molecular formula is C9H10BrClN2S. The fourth-order valence-corrected chi connectivity index (χ4v) is 2.23. The second-order valence-corrected chi connectivity index (χ2v) is 4.30. The Balaban J connectivity index is 0.000000980. The zero-order valence-electron chi connectivity index (χ0n) is 7.37. The van der Waals surface area contributed by atoms with E-state index in [2.05, 4.69) is 0 Å². The van der Waals surface area contributed by atoms with E-state index in [4.69, 9.17) is 17.0 Å². The smallest absolute Gasteiger partial charge is 0.160 e. The van der Waals surface area contributed by atoms with Crippen molar-refractivity contribution in [2.75, 3.05) is 17.2 Å². The van der Waals surface area contributed by atoms with Gasteiger partial charge in [-0.15, -0.1) is 17.0 Å². The number of nitrogens with zero attached hydrogens (tertiary/aromatic N) is 1. The van der Waals surface area contributed by atoms with Gasteiger partial charge in [0.15, 0.2) is 5.17 Å². The quantitative estimate of drug-likeness (QED) is 0.859. The molecule has 1 aromatic rings. The monoisotopic (exact) mass is 292 g/mol. The van der Waals surface area contributed by atoms with Gasteiger partial charge in [-0.2, -0.15) is 0 Å². The number of hydrogen-bond donors (Lipinski definition) is 1. The molecule has 14 heavy (non-hydrogen) atoms. The summed E-state index contributed by atoms with van der Waals surface area (Å²) in [5, 5.41) is 9.02. The molecule has 0 radical (unpaired) electrons. The maximum Gasteiger partial charge on any atom is 0.160 e. The summed E-state index contributed by atoms with van der Waals surface area (Å²) in [6, 6.07) is 7.60. The van der Waals surface area contributed by atoms with Crippen molar-refractivity contribution in [1.29, 1.82) is 5.41 Å². The van der Waals surface area contributed by atoms with Gasteiger partial charge in [-0.05, 0) is 24.3 Å². The highest BCUT2D eigenvalue weighted by Crippen LogP contribution is 2.25. The first-order valence-corrected chi connectivity index (χ1v) is 5.38. The summed E-state index contributed by atoms with van der Waals surface area (Å²) in [5.74, 6) is 1.00. The number of hydrogen-bond acceptors (Lipinski definition) is 2. The SMILES string of the molecule is Br.N=C1SCCN1c1ccc(Cl)cc1. The normalized spacial score (nSPS) is 15.5. The molecule has 1 saturated heterocycles. The van der Waals surface area contributed by atoms with Gasteiger partial charge in [-0.1, -0.05) is 23.4 Å². The molecule has 0 atom stereocenters. The molecule has 0 unspecified atom stereocenters. The number of halogens is 2. The third kappa shape index (κ3) is 2.43. The van der Waals surface area contributed by atoms with Gasteiger partial charge in [0.1, 0.15) is 0 Å². The topological polar surface area (TPSA) is 27.1 Å². The minimum atomic E-state index is 0. The average molecular weight is 294 g/mol. The van der Waals surface area contributed by atoms with Gasteiger partial charge >= 0.3 is 0 Å². The van der Waals surface area contributed by atoms with Crippen molar-refractivity contribution in [2.24, 2.45) is 0 Å². The molecule has 2 nitrogen and oxygen atoms in total. The van der Waals surface area contributed by atoms with Crippen molar-refractivity contribution in [1.82, 2.24) is 0 Å². The summed E-state index contributed by atoms with van der Waals surface area (Å²) in [5.41, 5.74) is 1.06. The maximum absolute atomic E-state index is 7.65. The fourth-order valence-electron chi connectivity index (χ4n) is 1.28. The number of thioether (sulfide) groups is 1. The van der Waals surface area contributed by atoms with Crippen LogP contribution in [0.5, 0.6) is 0 Å². The Morgan fingerprint density at radius 2 is 1.93 bits per heavy atom. The van der Waals surface area contributed by atoms with E-state index >= 15 is 0 Å². The van der Waals surface area contributed by atoms with Gasteiger partial charge in [-0.25, -0.2) is 0 Å². The van der Waals surface area contributed by atoms with Gasteiger partial charge in [0.25, 0.3) is 0 Å². The highest BCUT2D eigenvalue weighted by molar-refractivity contribution is 8.93. The summed E-state index contributed by atoms with van der Waals surface area (Å²) in [4.78, 5) is 1.99. The summed E-state index contributed by atoms with van der Waals surface area (Å²) in [7, 11) is 0. The summed E-state index contributed by atoms with van der Waals surface area (Å²) in [6.45, 7) is 0.922. The summed E-state index contributed by atoms with van der Waals surface area (Å²) in [6.07, 6.45) is 0. The highest BCUT2D eigenvalue weighted by Gasteiger charge is 2.18. The zero-order valence-corrected chi connectivity index (χ0v) is 10.7. The van der Waals surface area contributed by atoms with Crippen LogP contribution in [0.25, 0.3) is 0 Å². The lowest BCUT2D eigenvalue weighted by atomic mass is 10.3. The van der Waals surface area contributed by atoms with E-state index in [9.17, 15) is 0 Å². The third-order valence-electron chi connectivity index (χ3n) is 1.94. The molecule has 5 heteroatoms. The van der Waals surface area contributed by atoms with Crippen molar-refractivity contribution in [2.45, 2.75) is 0 Å². The first-order valence-electron chi connectivity index (χ1n) is 4.02. The van der Waals surface area contributed by atoms with Crippen molar-refractivity contribution in [3.8, 4) is 0 Å². The van der Waals surface area contributed by atoms with Crippen molar-refractivity contribution < 1.29 is 0 Å². The van der Waals surface area contributed by atoms with Crippen LogP contribution in [0, 0.1) is 5.41 Å². The highest BCUT2D eigenvalue weighted by atomic mass is 79.9. The number of nitrogens with one attached hydrogen (secondary N) is 1. The Hall–Kier alpha value is -0.190. The Bertz CT molecular complexity index is 328. The molecule has 0 spiro atoms. The third-order valence-corrected chi connectivity index (χ3v) is 3.07. The fraction of sp³-hybridized carbons (Fsp3) is 0.222. The van der Waals surface area contributed by atoms with Crippen LogP contribution in [-0.2, 0) is 0 Å². The maximum atomic E-state index is 7.65. The second kappa shape index (κ2) is 5.05. The number of rotatable bonds is 1. The van der Waals surface area contributed by atoms with Crippen LogP contribution in [0.15, 0.2) is 24.3 Å². The molecule has 0 aromatic heterocycles. The molecule has 2 rings (SSSR count). The number of amidine groups is 1. The largest absolute Gasteiger partial charge is 0.321 e. The lowest BCUT2D eigenvalue weighted by Gasteiger charge is -2.16. The number of benzene rings is 1.